The summed E-state index contributed by atoms with van der Waals surface area (Å²) < 4.78 is 37.7. The summed E-state index contributed by atoms with van der Waals surface area (Å²) >= 11 is 0. The van der Waals surface area contributed by atoms with Crippen molar-refractivity contribution >= 4 is 23.2 Å². The first-order valence-electron chi connectivity index (χ1n) is 8.09. The Labute approximate surface area is 155 Å². The van der Waals surface area contributed by atoms with Gasteiger partial charge in [-0.3, -0.25) is 4.79 Å². The van der Waals surface area contributed by atoms with Crippen LogP contribution in [0.15, 0.2) is 18.3 Å². The highest BCUT2D eigenvalue weighted by Gasteiger charge is 2.29. The average molecular weight is 381 g/mol. The molecule has 0 aromatic carbocycles. The number of amides is 1. The lowest BCUT2D eigenvalue weighted by molar-refractivity contribution is -0.114. The molecule has 0 unspecified atom stereocenters. The van der Waals surface area contributed by atoms with E-state index in [0.717, 1.165) is 6.92 Å². The van der Waals surface area contributed by atoms with Gasteiger partial charge >= 0.3 is 5.92 Å². The summed E-state index contributed by atoms with van der Waals surface area (Å²) in [6.07, 6.45) is 1.41. The number of pyridine rings is 1. The largest absolute Gasteiger partial charge is 0.487 e. The van der Waals surface area contributed by atoms with Gasteiger partial charge in [-0.15, -0.1) is 0 Å². The summed E-state index contributed by atoms with van der Waals surface area (Å²) in [4.78, 5) is 23.0. The molecule has 2 heterocycles. The molecule has 8 nitrogen and oxygen atoms in total. The van der Waals surface area contributed by atoms with Crippen molar-refractivity contribution in [1.29, 1.82) is 0 Å². The zero-order chi connectivity index (χ0) is 20.0. The van der Waals surface area contributed by atoms with Gasteiger partial charge < -0.3 is 20.1 Å². The third-order valence-corrected chi connectivity index (χ3v) is 3.23. The Kier molecular flexibility index (Phi) is 6.56. The molecule has 0 bridgehead atoms. The summed E-state index contributed by atoms with van der Waals surface area (Å²) in [7, 11) is 1.54. The normalized spacial score (nSPS) is 11.2. The number of carbonyl (C=O) groups excluding carboxylic acids is 1. The van der Waals surface area contributed by atoms with Crippen LogP contribution in [-0.2, 0) is 15.5 Å². The molecule has 27 heavy (non-hydrogen) atoms. The molecule has 0 aliphatic carbocycles. The van der Waals surface area contributed by atoms with Crippen LogP contribution in [0.5, 0.6) is 5.75 Å². The number of ether oxygens (including phenoxy) is 2. The number of carbonyl (C=O) groups is 1. The van der Waals surface area contributed by atoms with Crippen LogP contribution in [0.4, 0.5) is 26.1 Å². The molecule has 146 valence electrons. The zero-order valence-electron chi connectivity index (χ0n) is 15.5. The first kappa shape index (κ1) is 20.4. The van der Waals surface area contributed by atoms with E-state index in [2.05, 4.69) is 25.6 Å². The second-order valence-electron chi connectivity index (χ2n) is 5.82. The number of nitrogens with zero attached hydrogens (tertiary/aromatic N) is 3. The van der Waals surface area contributed by atoms with Crippen LogP contribution in [-0.4, -0.2) is 41.2 Å². The van der Waals surface area contributed by atoms with Crippen LogP contribution in [0.2, 0.25) is 0 Å². The maximum absolute atomic E-state index is 13.6. The standard InChI is InChI=1S/C17H21F2N5O3/c1-10-7-15(24-16(21-10)17(3,18)19)23-12-8-14(22-11(2)25)20-9-13(12)27-6-5-26-4/h7-9H,5-6H2,1-4H3,(H2,20,21,22,23,24,25). The van der Waals surface area contributed by atoms with Crippen molar-refractivity contribution in [1.82, 2.24) is 15.0 Å². The Bertz CT molecular complexity index is 812. The number of alkyl halides is 2. The predicted octanol–water partition coefficient (Wildman–Crippen LogP) is 3.02. The number of rotatable bonds is 8. The first-order chi connectivity index (χ1) is 12.7. The number of hydrogen-bond donors (Lipinski definition) is 2. The van der Waals surface area contributed by atoms with Crippen molar-refractivity contribution in [3.63, 3.8) is 0 Å². The van der Waals surface area contributed by atoms with E-state index in [9.17, 15) is 13.6 Å². The first-order valence-corrected chi connectivity index (χ1v) is 8.09. The second-order valence-corrected chi connectivity index (χ2v) is 5.82. The van der Waals surface area contributed by atoms with Gasteiger partial charge in [0.2, 0.25) is 11.7 Å². The van der Waals surface area contributed by atoms with Gasteiger partial charge in [0.05, 0.1) is 18.5 Å². The lowest BCUT2D eigenvalue weighted by Gasteiger charge is -2.16. The van der Waals surface area contributed by atoms with Crippen LogP contribution < -0.4 is 15.4 Å². The summed E-state index contributed by atoms with van der Waals surface area (Å²) in [5, 5.41) is 5.47. The minimum Gasteiger partial charge on any atom is -0.487 e. The summed E-state index contributed by atoms with van der Waals surface area (Å²) in [6.45, 7) is 4.28. The average Bonchev–Trinajstić information content (AvgIpc) is 2.55. The van der Waals surface area contributed by atoms with E-state index in [1.165, 1.54) is 32.4 Å². The maximum atomic E-state index is 13.6. The van der Waals surface area contributed by atoms with E-state index in [1.54, 1.807) is 6.92 Å². The van der Waals surface area contributed by atoms with E-state index >= 15 is 0 Å². The fourth-order valence-corrected chi connectivity index (χ4v) is 2.11. The lowest BCUT2D eigenvalue weighted by atomic mass is 10.3. The highest BCUT2D eigenvalue weighted by Crippen LogP contribution is 2.30. The molecule has 2 aromatic heterocycles. The minimum atomic E-state index is -3.18. The van der Waals surface area contributed by atoms with Crippen molar-refractivity contribution in [2.45, 2.75) is 26.7 Å². The maximum Gasteiger partial charge on any atom is 0.303 e. The molecule has 0 fully saturated rings. The number of aryl methyl sites for hydroxylation is 1. The van der Waals surface area contributed by atoms with E-state index in [-0.39, 0.29) is 24.1 Å². The van der Waals surface area contributed by atoms with Crippen LogP contribution in [0.25, 0.3) is 0 Å². The van der Waals surface area contributed by atoms with Crippen molar-refractivity contribution in [2.75, 3.05) is 31.0 Å². The molecule has 2 rings (SSSR count). The van der Waals surface area contributed by atoms with Crippen molar-refractivity contribution in [3.05, 3.63) is 29.8 Å². The van der Waals surface area contributed by atoms with Crippen LogP contribution in [0, 0.1) is 6.92 Å². The number of halogens is 2. The Morgan fingerprint density at radius 3 is 2.59 bits per heavy atom. The Hall–Kier alpha value is -2.88. The van der Waals surface area contributed by atoms with Gasteiger partial charge in [-0.1, -0.05) is 0 Å². The smallest absolute Gasteiger partial charge is 0.303 e. The Morgan fingerprint density at radius 2 is 1.96 bits per heavy atom. The van der Waals surface area contributed by atoms with Crippen molar-refractivity contribution in [2.24, 2.45) is 0 Å². The SMILES string of the molecule is COCCOc1cnc(NC(C)=O)cc1Nc1cc(C)nc(C(C)(F)F)n1. The van der Waals surface area contributed by atoms with E-state index < -0.39 is 11.7 Å². The number of hydrogen-bond acceptors (Lipinski definition) is 7. The van der Waals surface area contributed by atoms with Crippen LogP contribution in [0.1, 0.15) is 25.4 Å². The third-order valence-electron chi connectivity index (χ3n) is 3.23. The molecular weight excluding hydrogens is 360 g/mol. The monoisotopic (exact) mass is 381 g/mol. The van der Waals surface area contributed by atoms with Crippen molar-refractivity contribution in [3.8, 4) is 5.75 Å². The number of nitrogens with one attached hydrogen (secondary N) is 2. The van der Waals surface area contributed by atoms with E-state index in [0.29, 0.717) is 23.7 Å². The van der Waals surface area contributed by atoms with Crippen molar-refractivity contribution < 1.29 is 23.0 Å². The molecule has 0 aliphatic heterocycles. The fourth-order valence-electron chi connectivity index (χ4n) is 2.11. The quantitative estimate of drug-likeness (QED) is 0.678. The minimum absolute atomic E-state index is 0.163. The van der Waals surface area contributed by atoms with Gasteiger partial charge in [-0.25, -0.2) is 15.0 Å². The van der Waals surface area contributed by atoms with E-state index in [1.807, 2.05) is 0 Å². The number of methoxy groups -OCH3 is 1. The lowest BCUT2D eigenvalue weighted by Crippen LogP contribution is -2.15. The molecule has 0 saturated carbocycles. The topological polar surface area (TPSA) is 98.3 Å². The Balaban J connectivity index is 2.36. The van der Waals surface area contributed by atoms with Gasteiger partial charge in [0, 0.05) is 38.8 Å². The zero-order valence-corrected chi connectivity index (χ0v) is 15.5. The molecule has 2 N–H and O–H groups in total. The molecule has 10 heteroatoms. The van der Waals surface area contributed by atoms with Gasteiger partial charge in [0.15, 0.2) is 5.75 Å². The van der Waals surface area contributed by atoms with Gasteiger partial charge in [-0.05, 0) is 6.92 Å². The van der Waals surface area contributed by atoms with E-state index in [4.69, 9.17) is 9.47 Å². The molecule has 1 amide bonds. The predicted molar refractivity (Wildman–Crippen MR) is 95.5 cm³/mol. The van der Waals surface area contributed by atoms with Crippen LogP contribution >= 0.6 is 0 Å². The molecule has 0 atom stereocenters. The molecule has 0 saturated heterocycles. The highest BCUT2D eigenvalue weighted by molar-refractivity contribution is 5.88. The second kappa shape index (κ2) is 8.67. The summed E-state index contributed by atoms with van der Waals surface area (Å²) in [6, 6.07) is 3.04. The van der Waals surface area contributed by atoms with Gasteiger partial charge in [0.1, 0.15) is 18.2 Å². The third kappa shape index (κ3) is 6.10. The molecule has 0 radical (unpaired) electrons. The number of anilines is 3. The molecular formula is C17H21F2N5O3. The number of aromatic nitrogens is 3. The summed E-state index contributed by atoms with van der Waals surface area (Å²) in [5.74, 6) is -3.29. The highest BCUT2D eigenvalue weighted by atomic mass is 19.3. The molecule has 0 aliphatic rings. The molecule has 2 aromatic rings. The fraction of sp³-hybridized carbons (Fsp3) is 0.412. The van der Waals surface area contributed by atoms with Crippen LogP contribution in [0.3, 0.4) is 0 Å². The molecule has 0 spiro atoms. The van der Waals surface area contributed by atoms with Gasteiger partial charge in [-0.2, -0.15) is 8.78 Å². The summed E-state index contributed by atoms with van der Waals surface area (Å²) in [5.41, 5.74) is 0.773. The Morgan fingerprint density at radius 1 is 1.22 bits per heavy atom. The van der Waals surface area contributed by atoms with Gasteiger partial charge in [0.25, 0.3) is 0 Å².